The van der Waals surface area contributed by atoms with Crippen LogP contribution in [0, 0.1) is 23.5 Å². The number of aryl methyl sites for hydroxylation is 1. The van der Waals surface area contributed by atoms with E-state index in [9.17, 15) is 8.78 Å². The summed E-state index contributed by atoms with van der Waals surface area (Å²) in [7, 11) is 0. The van der Waals surface area contributed by atoms with Crippen LogP contribution in [-0.2, 0) is 6.42 Å². The molecule has 3 rings (SSSR count). The lowest BCUT2D eigenvalue weighted by Crippen LogP contribution is -2.15. The molecule has 1 atom stereocenters. The highest BCUT2D eigenvalue weighted by molar-refractivity contribution is 5.30. The minimum Gasteiger partial charge on any atom is -0.203 e. The van der Waals surface area contributed by atoms with Crippen LogP contribution in [0.5, 0.6) is 0 Å². The lowest BCUT2D eigenvalue weighted by atomic mass is 9.76. The zero-order valence-electron chi connectivity index (χ0n) is 22.6. The number of rotatable bonds is 14. The van der Waals surface area contributed by atoms with Gasteiger partial charge in [0.25, 0.3) is 0 Å². The Morgan fingerprint density at radius 1 is 0.829 bits per heavy atom. The van der Waals surface area contributed by atoms with Crippen LogP contribution < -0.4 is 0 Å². The molecule has 1 saturated carbocycles. The predicted molar refractivity (Wildman–Crippen MR) is 147 cm³/mol. The van der Waals surface area contributed by atoms with Crippen LogP contribution >= 0.6 is 0 Å². The van der Waals surface area contributed by atoms with Crippen LogP contribution in [0.1, 0.15) is 140 Å². The SMILES string of the molecule is CCCCCCC1CCC(c2ccc(CC/C=C/C3CC=C(CCCCC)CC3)c(F)c2F)CC1. The standard InChI is InChI=1S/C33H50F2/c1-3-5-7-9-13-28-20-22-29(23-21-28)31-25-24-30(32(34)33(31)35)15-11-10-14-27-18-16-26(17-19-27)12-8-6-4-2/h10,14,16,24-25,27-29H,3-9,11-13,15,17-23H2,1-2H3/b14-10+. The van der Waals surface area contributed by atoms with Gasteiger partial charge in [0.2, 0.25) is 0 Å². The van der Waals surface area contributed by atoms with Crippen molar-refractivity contribution in [3.63, 3.8) is 0 Å². The van der Waals surface area contributed by atoms with Gasteiger partial charge in [0.1, 0.15) is 0 Å². The van der Waals surface area contributed by atoms with E-state index >= 15 is 0 Å². The van der Waals surface area contributed by atoms with Crippen molar-refractivity contribution in [2.45, 2.75) is 135 Å². The maximum Gasteiger partial charge on any atom is 0.162 e. The molecule has 2 heteroatoms. The number of hydrogen-bond acceptors (Lipinski definition) is 0. The number of hydrogen-bond donors (Lipinski definition) is 0. The van der Waals surface area contributed by atoms with E-state index in [1.807, 2.05) is 12.1 Å². The van der Waals surface area contributed by atoms with Gasteiger partial charge in [-0.2, -0.15) is 0 Å². The maximum atomic E-state index is 15.0. The molecule has 35 heavy (non-hydrogen) atoms. The van der Waals surface area contributed by atoms with Crippen LogP contribution in [0.3, 0.4) is 0 Å². The Hall–Kier alpha value is -1.44. The molecular weight excluding hydrogens is 434 g/mol. The third-order valence-corrected chi connectivity index (χ3v) is 8.58. The van der Waals surface area contributed by atoms with E-state index in [4.69, 9.17) is 0 Å². The molecule has 196 valence electrons. The van der Waals surface area contributed by atoms with E-state index in [1.165, 1.54) is 83.5 Å². The highest BCUT2D eigenvalue weighted by Crippen LogP contribution is 2.39. The van der Waals surface area contributed by atoms with Gasteiger partial charge >= 0.3 is 0 Å². The Balaban J connectivity index is 1.41. The minimum atomic E-state index is -0.602. The van der Waals surface area contributed by atoms with E-state index in [1.54, 1.807) is 5.57 Å². The summed E-state index contributed by atoms with van der Waals surface area (Å²) in [5.74, 6) is 0.405. The highest BCUT2D eigenvalue weighted by Gasteiger charge is 2.26. The third kappa shape index (κ3) is 9.18. The van der Waals surface area contributed by atoms with Crippen molar-refractivity contribution in [2.75, 3.05) is 0 Å². The molecule has 0 spiro atoms. The molecule has 0 aliphatic heterocycles. The molecule has 1 fully saturated rings. The third-order valence-electron chi connectivity index (χ3n) is 8.58. The number of benzene rings is 1. The molecule has 2 aliphatic rings. The van der Waals surface area contributed by atoms with E-state index in [-0.39, 0.29) is 5.92 Å². The molecule has 2 aliphatic carbocycles. The summed E-state index contributed by atoms with van der Waals surface area (Å²) in [6, 6.07) is 3.74. The van der Waals surface area contributed by atoms with Crippen molar-refractivity contribution in [1.29, 1.82) is 0 Å². The fourth-order valence-electron chi connectivity index (χ4n) is 6.17. The monoisotopic (exact) mass is 484 g/mol. The second-order valence-electron chi connectivity index (χ2n) is 11.3. The van der Waals surface area contributed by atoms with Crippen molar-refractivity contribution in [1.82, 2.24) is 0 Å². The molecule has 0 bridgehead atoms. The number of halogens is 2. The highest BCUT2D eigenvalue weighted by atomic mass is 19.2. The molecule has 1 unspecified atom stereocenters. The topological polar surface area (TPSA) is 0 Å². The fourth-order valence-corrected chi connectivity index (χ4v) is 6.17. The van der Waals surface area contributed by atoms with Crippen LogP contribution in [0.15, 0.2) is 35.9 Å². The van der Waals surface area contributed by atoms with E-state index in [2.05, 4.69) is 32.1 Å². The van der Waals surface area contributed by atoms with Crippen LogP contribution in [0.4, 0.5) is 8.78 Å². The van der Waals surface area contributed by atoms with E-state index in [0.29, 0.717) is 23.5 Å². The summed E-state index contributed by atoms with van der Waals surface area (Å²) < 4.78 is 29.9. The van der Waals surface area contributed by atoms with Gasteiger partial charge < -0.3 is 0 Å². The molecule has 0 amide bonds. The first-order valence-corrected chi connectivity index (χ1v) is 14.9. The van der Waals surface area contributed by atoms with Gasteiger partial charge in [-0.3, -0.25) is 0 Å². The smallest absolute Gasteiger partial charge is 0.162 e. The summed E-state index contributed by atoms with van der Waals surface area (Å²) in [5.41, 5.74) is 2.79. The Bertz CT molecular complexity index is 798. The second kappa shape index (κ2) is 15.6. The van der Waals surface area contributed by atoms with Gasteiger partial charge in [-0.15, -0.1) is 0 Å². The number of unbranched alkanes of at least 4 members (excludes halogenated alkanes) is 5. The van der Waals surface area contributed by atoms with Crippen LogP contribution in [-0.4, -0.2) is 0 Å². The molecule has 1 aromatic rings. The van der Waals surface area contributed by atoms with Crippen molar-refractivity contribution in [3.05, 3.63) is 58.7 Å². The molecular formula is C33H50F2. The Labute approximate surface area is 214 Å². The van der Waals surface area contributed by atoms with Gasteiger partial charge in [0.15, 0.2) is 11.6 Å². The summed E-state index contributed by atoms with van der Waals surface area (Å²) in [6.45, 7) is 4.51. The average molecular weight is 485 g/mol. The molecule has 0 nitrogen and oxygen atoms in total. The summed E-state index contributed by atoms with van der Waals surface area (Å²) in [5, 5.41) is 0. The first kappa shape index (κ1) is 28.1. The largest absolute Gasteiger partial charge is 0.203 e. The first-order chi connectivity index (χ1) is 17.1. The Morgan fingerprint density at radius 3 is 2.31 bits per heavy atom. The normalized spacial score (nSPS) is 23.1. The molecule has 0 saturated heterocycles. The molecule has 1 aromatic carbocycles. The summed E-state index contributed by atoms with van der Waals surface area (Å²) >= 11 is 0. The van der Waals surface area contributed by atoms with Crippen molar-refractivity contribution in [2.24, 2.45) is 11.8 Å². The van der Waals surface area contributed by atoms with Gasteiger partial charge in [0, 0.05) is 0 Å². The first-order valence-electron chi connectivity index (χ1n) is 14.9. The van der Waals surface area contributed by atoms with Crippen molar-refractivity contribution >= 4 is 0 Å². The number of allylic oxidation sites excluding steroid dienone is 4. The lowest BCUT2D eigenvalue weighted by Gasteiger charge is -2.29. The fraction of sp³-hybridized carbons (Fsp3) is 0.697. The maximum absolute atomic E-state index is 15.0. The van der Waals surface area contributed by atoms with Gasteiger partial charge in [-0.1, -0.05) is 94.7 Å². The van der Waals surface area contributed by atoms with E-state index in [0.717, 1.165) is 31.6 Å². The average Bonchev–Trinajstić information content (AvgIpc) is 2.88. The zero-order valence-corrected chi connectivity index (χ0v) is 22.6. The summed E-state index contributed by atoms with van der Waals surface area (Å²) in [6.07, 6.45) is 28.0. The van der Waals surface area contributed by atoms with Gasteiger partial charge in [-0.05, 0) is 99.5 Å². The Kier molecular flexibility index (Phi) is 12.6. The Morgan fingerprint density at radius 2 is 1.60 bits per heavy atom. The lowest BCUT2D eigenvalue weighted by molar-refractivity contribution is 0.297. The molecule has 0 N–H and O–H groups in total. The van der Waals surface area contributed by atoms with E-state index < -0.39 is 11.6 Å². The molecule has 0 radical (unpaired) electrons. The quantitative estimate of drug-likeness (QED) is 0.182. The molecule has 0 aromatic heterocycles. The van der Waals surface area contributed by atoms with Crippen LogP contribution in [0.25, 0.3) is 0 Å². The van der Waals surface area contributed by atoms with Crippen LogP contribution in [0.2, 0.25) is 0 Å². The predicted octanol–water partition coefficient (Wildman–Crippen LogP) is 11.0. The van der Waals surface area contributed by atoms with Gasteiger partial charge in [-0.25, -0.2) is 8.78 Å². The van der Waals surface area contributed by atoms with Crippen molar-refractivity contribution < 1.29 is 8.78 Å². The van der Waals surface area contributed by atoms with Crippen molar-refractivity contribution in [3.8, 4) is 0 Å². The molecule has 0 heterocycles. The second-order valence-corrected chi connectivity index (χ2v) is 11.3. The zero-order chi connectivity index (χ0) is 24.9. The summed E-state index contributed by atoms with van der Waals surface area (Å²) in [4.78, 5) is 0. The van der Waals surface area contributed by atoms with Gasteiger partial charge in [0.05, 0.1) is 0 Å². The minimum absolute atomic E-state index is 0.191.